The number of rotatable bonds is 6. The van der Waals surface area contributed by atoms with Gasteiger partial charge in [-0.15, -0.1) is 0 Å². The fraction of sp³-hybridized carbons (Fsp3) is 0.176. The van der Waals surface area contributed by atoms with Crippen molar-refractivity contribution in [2.45, 2.75) is 19.0 Å². The lowest BCUT2D eigenvalue weighted by Crippen LogP contribution is -2.30. The predicted molar refractivity (Wildman–Crippen MR) is 90.3 cm³/mol. The molecule has 122 valence electrons. The zero-order valence-electron chi connectivity index (χ0n) is 12.8. The number of benzene rings is 1. The third-order valence-corrected chi connectivity index (χ3v) is 3.81. The van der Waals surface area contributed by atoms with Crippen molar-refractivity contribution in [3.05, 3.63) is 77.6 Å². The molecule has 0 spiro atoms. The van der Waals surface area contributed by atoms with Crippen LogP contribution in [0, 0.1) is 0 Å². The average Bonchev–Trinajstić information content (AvgIpc) is 3.13. The molecule has 0 radical (unpaired) electrons. The normalized spacial score (nSPS) is 11.9. The lowest BCUT2D eigenvalue weighted by atomic mass is 10.00. The number of pyridine rings is 1. The molecule has 1 amide bonds. The number of nitrogens with one attached hydrogen (secondary N) is 1. The van der Waals surface area contributed by atoms with Gasteiger partial charge in [0.25, 0.3) is 0 Å². The van der Waals surface area contributed by atoms with Gasteiger partial charge in [0, 0.05) is 23.8 Å². The number of hydrogen-bond acceptors (Lipinski definition) is 4. The van der Waals surface area contributed by atoms with E-state index in [9.17, 15) is 4.79 Å². The number of nitrogens with zero attached hydrogens (tertiary/aromatic N) is 4. The minimum atomic E-state index is -0.279. The number of halogens is 1. The van der Waals surface area contributed by atoms with Gasteiger partial charge in [-0.25, -0.2) is 4.98 Å². The Kier molecular flexibility index (Phi) is 5.18. The summed E-state index contributed by atoms with van der Waals surface area (Å²) in [6.45, 7) is 0.478. The molecule has 7 heteroatoms. The Bertz CT molecular complexity index is 775. The lowest BCUT2D eigenvalue weighted by Gasteiger charge is -2.19. The zero-order chi connectivity index (χ0) is 16.8. The van der Waals surface area contributed by atoms with E-state index in [1.807, 2.05) is 36.4 Å². The topological polar surface area (TPSA) is 72.7 Å². The van der Waals surface area contributed by atoms with Crippen molar-refractivity contribution in [3.63, 3.8) is 0 Å². The van der Waals surface area contributed by atoms with Crippen molar-refractivity contribution >= 4 is 17.5 Å². The first-order valence-electron chi connectivity index (χ1n) is 7.49. The highest BCUT2D eigenvalue weighted by Crippen LogP contribution is 2.23. The predicted octanol–water partition coefficient (Wildman–Crippen LogP) is 2.62. The minimum absolute atomic E-state index is 0.0747. The van der Waals surface area contributed by atoms with Crippen LogP contribution in [0.15, 0.2) is 61.4 Å². The van der Waals surface area contributed by atoms with Crippen LogP contribution >= 0.6 is 11.6 Å². The Morgan fingerprint density at radius 1 is 1.17 bits per heavy atom. The van der Waals surface area contributed by atoms with Gasteiger partial charge < -0.3 is 5.32 Å². The number of aryl methyl sites for hydroxylation is 1. The second kappa shape index (κ2) is 7.70. The monoisotopic (exact) mass is 341 g/mol. The number of carbonyl (C=O) groups is 1. The van der Waals surface area contributed by atoms with Crippen molar-refractivity contribution in [2.24, 2.45) is 0 Å². The van der Waals surface area contributed by atoms with Gasteiger partial charge >= 0.3 is 0 Å². The Hall–Kier alpha value is -2.73. The molecule has 24 heavy (non-hydrogen) atoms. The highest BCUT2D eigenvalue weighted by atomic mass is 35.5. The van der Waals surface area contributed by atoms with Crippen LogP contribution < -0.4 is 5.32 Å². The molecule has 0 fully saturated rings. The first-order valence-corrected chi connectivity index (χ1v) is 7.87. The second-order valence-electron chi connectivity index (χ2n) is 5.25. The van der Waals surface area contributed by atoms with E-state index in [-0.39, 0.29) is 11.9 Å². The molecule has 1 unspecified atom stereocenters. The highest BCUT2D eigenvalue weighted by molar-refractivity contribution is 6.30. The van der Waals surface area contributed by atoms with Gasteiger partial charge in [0.15, 0.2) is 0 Å². The van der Waals surface area contributed by atoms with Crippen LogP contribution in [0.4, 0.5) is 0 Å². The van der Waals surface area contributed by atoms with Crippen LogP contribution in [-0.4, -0.2) is 25.7 Å². The van der Waals surface area contributed by atoms with Crippen LogP contribution in [0.2, 0.25) is 5.02 Å². The fourth-order valence-corrected chi connectivity index (χ4v) is 2.48. The van der Waals surface area contributed by atoms with E-state index in [0.717, 1.165) is 11.1 Å². The number of carbonyl (C=O) groups excluding carboxylic acids is 1. The van der Waals surface area contributed by atoms with Crippen molar-refractivity contribution in [1.29, 1.82) is 0 Å². The number of aromatic nitrogens is 4. The summed E-state index contributed by atoms with van der Waals surface area (Å²) in [5, 5.41) is 7.70. The molecule has 0 aliphatic rings. The third kappa shape index (κ3) is 4.17. The summed E-state index contributed by atoms with van der Waals surface area (Å²) in [5.41, 5.74) is 1.86. The van der Waals surface area contributed by atoms with Crippen molar-refractivity contribution in [1.82, 2.24) is 25.1 Å². The highest BCUT2D eigenvalue weighted by Gasteiger charge is 2.17. The molecule has 2 aromatic heterocycles. The summed E-state index contributed by atoms with van der Waals surface area (Å²) in [7, 11) is 0. The fourth-order valence-electron chi connectivity index (χ4n) is 2.36. The van der Waals surface area contributed by atoms with Crippen LogP contribution in [-0.2, 0) is 11.3 Å². The Morgan fingerprint density at radius 3 is 2.67 bits per heavy atom. The molecule has 1 aromatic carbocycles. The van der Waals surface area contributed by atoms with Crippen LogP contribution in [0.5, 0.6) is 0 Å². The zero-order valence-corrected chi connectivity index (χ0v) is 13.6. The van der Waals surface area contributed by atoms with E-state index in [1.165, 1.54) is 6.33 Å². The van der Waals surface area contributed by atoms with Gasteiger partial charge in [0.2, 0.25) is 5.91 Å². The third-order valence-electron chi connectivity index (χ3n) is 3.56. The van der Waals surface area contributed by atoms with Crippen molar-refractivity contribution in [3.8, 4) is 0 Å². The largest absolute Gasteiger partial charge is 0.345 e. The molecule has 0 bridgehead atoms. The van der Waals surface area contributed by atoms with E-state index < -0.39 is 0 Å². The summed E-state index contributed by atoms with van der Waals surface area (Å²) < 4.78 is 1.63. The SMILES string of the molecule is O=C(CCn1cncn1)NC(c1ccc(Cl)cc1)c1cccnc1. The van der Waals surface area contributed by atoms with E-state index in [2.05, 4.69) is 20.4 Å². The minimum Gasteiger partial charge on any atom is -0.345 e. The first-order chi connectivity index (χ1) is 11.7. The molecule has 6 nitrogen and oxygen atoms in total. The summed E-state index contributed by atoms with van der Waals surface area (Å²) in [5.74, 6) is -0.0747. The molecular weight excluding hydrogens is 326 g/mol. The summed E-state index contributed by atoms with van der Waals surface area (Å²) in [6, 6.07) is 10.9. The maximum Gasteiger partial charge on any atom is 0.222 e. The number of amides is 1. The van der Waals surface area contributed by atoms with Crippen LogP contribution in [0.3, 0.4) is 0 Å². The number of hydrogen-bond donors (Lipinski definition) is 1. The Labute approximate surface area is 144 Å². The summed E-state index contributed by atoms with van der Waals surface area (Å²) >= 11 is 5.96. The quantitative estimate of drug-likeness (QED) is 0.748. The molecule has 0 aliphatic carbocycles. The molecule has 0 saturated heterocycles. The van der Waals surface area contributed by atoms with Gasteiger partial charge in [0.05, 0.1) is 12.6 Å². The molecule has 1 atom stereocenters. The van der Waals surface area contributed by atoms with E-state index >= 15 is 0 Å². The van der Waals surface area contributed by atoms with Gasteiger partial charge in [-0.1, -0.05) is 29.8 Å². The molecular formula is C17H16ClN5O. The van der Waals surface area contributed by atoms with E-state index in [0.29, 0.717) is 18.0 Å². The summed E-state index contributed by atoms with van der Waals surface area (Å²) in [6.07, 6.45) is 6.80. The molecule has 2 heterocycles. The second-order valence-corrected chi connectivity index (χ2v) is 5.68. The summed E-state index contributed by atoms with van der Waals surface area (Å²) in [4.78, 5) is 20.3. The lowest BCUT2D eigenvalue weighted by molar-refractivity contribution is -0.121. The van der Waals surface area contributed by atoms with Crippen LogP contribution in [0.25, 0.3) is 0 Å². The molecule has 0 aliphatic heterocycles. The van der Waals surface area contributed by atoms with Gasteiger partial charge in [-0.2, -0.15) is 5.10 Å². The van der Waals surface area contributed by atoms with Crippen molar-refractivity contribution < 1.29 is 4.79 Å². The maximum atomic E-state index is 12.3. The molecule has 3 aromatic rings. The van der Waals surface area contributed by atoms with Gasteiger partial charge in [0.1, 0.15) is 12.7 Å². The smallest absolute Gasteiger partial charge is 0.222 e. The van der Waals surface area contributed by atoms with Crippen LogP contribution in [0.1, 0.15) is 23.6 Å². The molecule has 0 saturated carbocycles. The van der Waals surface area contributed by atoms with Gasteiger partial charge in [-0.3, -0.25) is 14.5 Å². The van der Waals surface area contributed by atoms with Gasteiger partial charge in [-0.05, 0) is 29.3 Å². The first kappa shape index (κ1) is 16.1. The average molecular weight is 342 g/mol. The maximum absolute atomic E-state index is 12.3. The van der Waals surface area contributed by atoms with Crippen molar-refractivity contribution in [2.75, 3.05) is 0 Å². The molecule has 3 rings (SSSR count). The standard InChI is InChI=1S/C17H16ClN5O/c18-15-5-3-13(4-6-15)17(14-2-1-8-19-10-14)22-16(24)7-9-23-12-20-11-21-23/h1-6,8,10-12,17H,7,9H2,(H,22,24). The Morgan fingerprint density at radius 2 is 2.00 bits per heavy atom. The Balaban J connectivity index is 1.74. The van der Waals surface area contributed by atoms with E-state index in [4.69, 9.17) is 11.6 Å². The molecule has 1 N–H and O–H groups in total. The van der Waals surface area contributed by atoms with E-state index in [1.54, 1.807) is 23.4 Å².